The predicted molar refractivity (Wildman–Crippen MR) is 37.9 cm³/mol. The third kappa shape index (κ3) is 1.17. The topological polar surface area (TPSA) is 117 Å². The Morgan fingerprint density at radius 3 is 1.75 bits per heavy atom. The molecule has 2 N–H and O–H groups in total. The fourth-order valence-electron chi connectivity index (χ4n) is 0.733. The molecule has 0 unspecified atom stereocenters. The summed E-state index contributed by atoms with van der Waals surface area (Å²) >= 11 is 0. The molecule has 8 nitrogen and oxygen atoms in total. The average Bonchev–Trinajstić information content (AvgIpc) is 2.31. The van der Waals surface area contributed by atoms with E-state index >= 15 is 0 Å². The van der Waals surface area contributed by atoms with Crippen LogP contribution in [0.25, 0.3) is 0 Å². The summed E-state index contributed by atoms with van der Waals surface area (Å²) in [4.78, 5) is 18.6. The molecule has 0 aromatic carbocycles. The second-order valence-electron chi connectivity index (χ2n) is 1.99. The van der Waals surface area contributed by atoms with Gasteiger partial charge in [0.25, 0.3) is 0 Å². The SMILES string of the molecule is Nn1cc([N+](=O)[O-])c([N+](=O)[O-])c1. The molecule has 12 heavy (non-hydrogen) atoms. The smallest absolute Gasteiger partial charge is 0.339 e. The molecule has 8 heteroatoms. The molecule has 0 aliphatic carbocycles. The van der Waals surface area contributed by atoms with Crippen LogP contribution < -0.4 is 5.84 Å². The van der Waals surface area contributed by atoms with Gasteiger partial charge in [0.2, 0.25) is 0 Å². The van der Waals surface area contributed by atoms with E-state index in [1.54, 1.807) is 0 Å². The van der Waals surface area contributed by atoms with Crippen LogP contribution in [0.2, 0.25) is 0 Å². The van der Waals surface area contributed by atoms with Crippen molar-refractivity contribution in [3.05, 3.63) is 32.6 Å². The first-order valence-corrected chi connectivity index (χ1v) is 2.78. The summed E-state index contributed by atoms with van der Waals surface area (Å²) in [6.07, 6.45) is 1.75. The summed E-state index contributed by atoms with van der Waals surface area (Å²) in [5.74, 6) is 5.06. The van der Waals surface area contributed by atoms with Crippen molar-refractivity contribution in [3.8, 4) is 0 Å². The number of nitro groups is 2. The van der Waals surface area contributed by atoms with Crippen molar-refractivity contribution in [2.24, 2.45) is 0 Å². The molecule has 64 valence electrons. The lowest BCUT2D eigenvalue weighted by atomic mass is 10.5. The van der Waals surface area contributed by atoms with Gasteiger partial charge in [-0.25, -0.2) is 0 Å². The van der Waals surface area contributed by atoms with Crippen molar-refractivity contribution in [1.82, 2.24) is 4.68 Å². The molecular formula is C4H4N4O4. The number of nitrogen functional groups attached to an aromatic ring is 1. The standard InChI is InChI=1S/C4H4N4O4/c5-6-1-3(7(9)10)4(2-6)8(11)12/h1-2H,5H2. The van der Waals surface area contributed by atoms with Crippen molar-refractivity contribution >= 4 is 11.4 Å². The van der Waals surface area contributed by atoms with Gasteiger partial charge in [-0.05, 0) is 0 Å². The minimum atomic E-state index is -0.860. The van der Waals surface area contributed by atoms with E-state index in [0.29, 0.717) is 0 Å². The molecule has 0 atom stereocenters. The zero-order valence-corrected chi connectivity index (χ0v) is 5.71. The summed E-state index contributed by atoms with van der Waals surface area (Å²) < 4.78 is 0.774. The molecule has 1 rings (SSSR count). The Bertz CT molecular complexity index is 311. The highest BCUT2D eigenvalue weighted by Gasteiger charge is 2.26. The molecule has 0 saturated heterocycles. The first-order chi connectivity index (χ1) is 5.52. The predicted octanol–water partition coefficient (Wildman–Crippen LogP) is 0.0183. The van der Waals surface area contributed by atoms with E-state index in [-0.39, 0.29) is 0 Å². The number of hydrogen-bond donors (Lipinski definition) is 1. The van der Waals surface area contributed by atoms with Crippen LogP contribution in [0.4, 0.5) is 11.4 Å². The largest absolute Gasteiger partial charge is 0.365 e. The summed E-state index contributed by atoms with van der Waals surface area (Å²) in [6.45, 7) is 0. The Balaban J connectivity index is 3.26. The van der Waals surface area contributed by atoms with Crippen molar-refractivity contribution in [2.45, 2.75) is 0 Å². The van der Waals surface area contributed by atoms with Gasteiger partial charge in [0.1, 0.15) is 12.4 Å². The van der Waals surface area contributed by atoms with E-state index in [4.69, 9.17) is 5.84 Å². The normalized spacial score (nSPS) is 9.67. The molecule has 0 radical (unpaired) electrons. The van der Waals surface area contributed by atoms with E-state index in [2.05, 4.69) is 0 Å². The van der Waals surface area contributed by atoms with Crippen LogP contribution in [0.15, 0.2) is 12.4 Å². The van der Waals surface area contributed by atoms with Gasteiger partial charge >= 0.3 is 11.4 Å². The van der Waals surface area contributed by atoms with Gasteiger partial charge in [-0.2, -0.15) is 0 Å². The van der Waals surface area contributed by atoms with Gasteiger partial charge < -0.3 is 5.84 Å². The molecule has 0 fully saturated rings. The fraction of sp³-hybridized carbons (Fsp3) is 0. The van der Waals surface area contributed by atoms with Crippen LogP contribution in [-0.2, 0) is 0 Å². The Morgan fingerprint density at radius 2 is 1.50 bits per heavy atom. The minimum absolute atomic E-state index is 0.609. The number of rotatable bonds is 2. The molecule has 0 saturated carbocycles. The quantitative estimate of drug-likeness (QED) is 0.383. The zero-order chi connectivity index (χ0) is 9.30. The van der Waals surface area contributed by atoms with E-state index in [1.165, 1.54) is 0 Å². The summed E-state index contributed by atoms with van der Waals surface area (Å²) in [5, 5.41) is 20.3. The second-order valence-corrected chi connectivity index (χ2v) is 1.99. The van der Waals surface area contributed by atoms with Gasteiger partial charge in [-0.15, -0.1) is 0 Å². The van der Waals surface area contributed by atoms with Crippen LogP contribution in [0.1, 0.15) is 0 Å². The van der Waals surface area contributed by atoms with Gasteiger partial charge in [0.05, 0.1) is 9.85 Å². The Morgan fingerprint density at radius 1 is 1.17 bits per heavy atom. The van der Waals surface area contributed by atoms with E-state index in [1.807, 2.05) is 0 Å². The lowest BCUT2D eigenvalue weighted by molar-refractivity contribution is -0.421. The Hall–Kier alpha value is -2.12. The van der Waals surface area contributed by atoms with Gasteiger partial charge in [-0.3, -0.25) is 24.9 Å². The highest BCUT2D eigenvalue weighted by Crippen LogP contribution is 2.25. The van der Waals surface area contributed by atoms with Crippen molar-refractivity contribution in [1.29, 1.82) is 0 Å². The highest BCUT2D eigenvalue weighted by molar-refractivity contribution is 5.50. The summed E-state index contributed by atoms with van der Waals surface area (Å²) in [7, 11) is 0. The third-order valence-corrected chi connectivity index (χ3v) is 1.20. The first-order valence-electron chi connectivity index (χ1n) is 2.78. The summed E-state index contributed by atoms with van der Waals surface area (Å²) in [5.41, 5.74) is -1.22. The maximum absolute atomic E-state index is 10.2. The number of nitrogens with two attached hydrogens (primary N) is 1. The Kier molecular flexibility index (Phi) is 1.66. The fourth-order valence-corrected chi connectivity index (χ4v) is 0.733. The van der Waals surface area contributed by atoms with Crippen LogP contribution in [0, 0.1) is 20.2 Å². The van der Waals surface area contributed by atoms with Crippen molar-refractivity contribution in [3.63, 3.8) is 0 Å². The number of hydrogen-bond acceptors (Lipinski definition) is 5. The molecule has 0 amide bonds. The van der Waals surface area contributed by atoms with Gasteiger partial charge in [0, 0.05) is 0 Å². The van der Waals surface area contributed by atoms with Crippen LogP contribution in [-0.4, -0.2) is 14.5 Å². The van der Waals surface area contributed by atoms with Crippen LogP contribution in [0.3, 0.4) is 0 Å². The monoisotopic (exact) mass is 172 g/mol. The lowest BCUT2D eigenvalue weighted by Crippen LogP contribution is -2.03. The molecule has 0 aliphatic heterocycles. The van der Waals surface area contributed by atoms with Crippen LogP contribution in [0.5, 0.6) is 0 Å². The zero-order valence-electron chi connectivity index (χ0n) is 5.71. The molecule has 1 heterocycles. The molecular weight excluding hydrogens is 168 g/mol. The molecule has 0 spiro atoms. The maximum atomic E-state index is 10.2. The molecule has 0 bridgehead atoms. The average molecular weight is 172 g/mol. The first kappa shape index (κ1) is 7.98. The van der Waals surface area contributed by atoms with E-state index < -0.39 is 21.2 Å². The maximum Gasteiger partial charge on any atom is 0.365 e. The van der Waals surface area contributed by atoms with Gasteiger partial charge in [-0.1, -0.05) is 0 Å². The van der Waals surface area contributed by atoms with Crippen molar-refractivity contribution in [2.75, 3.05) is 5.84 Å². The van der Waals surface area contributed by atoms with Crippen molar-refractivity contribution < 1.29 is 9.85 Å². The van der Waals surface area contributed by atoms with E-state index in [9.17, 15) is 20.2 Å². The number of nitrogens with zero attached hydrogens (tertiary/aromatic N) is 3. The number of aromatic nitrogens is 1. The lowest BCUT2D eigenvalue weighted by Gasteiger charge is -1.84. The molecule has 0 aliphatic rings. The van der Waals surface area contributed by atoms with Gasteiger partial charge in [0.15, 0.2) is 0 Å². The van der Waals surface area contributed by atoms with Crippen LogP contribution >= 0.6 is 0 Å². The summed E-state index contributed by atoms with van der Waals surface area (Å²) in [6, 6.07) is 0. The highest BCUT2D eigenvalue weighted by atomic mass is 16.6. The van der Waals surface area contributed by atoms with E-state index in [0.717, 1.165) is 17.1 Å². The minimum Gasteiger partial charge on any atom is -0.339 e. The second kappa shape index (κ2) is 2.49. The molecule has 1 aromatic rings. The molecule has 1 aromatic heterocycles. The third-order valence-electron chi connectivity index (χ3n) is 1.20. The Labute approximate surface area is 65.5 Å².